The fraction of sp³-hybridized carbons (Fsp3) is 0.500. The minimum Gasteiger partial charge on any atom is -0.497 e. The molecule has 3 heteroatoms. The number of aromatic nitrogens is 1. The molecule has 2 rings (SSSR count). The van der Waals surface area contributed by atoms with E-state index in [9.17, 15) is 0 Å². The van der Waals surface area contributed by atoms with Gasteiger partial charge in [0.1, 0.15) is 5.75 Å². The molecule has 0 saturated carbocycles. The summed E-state index contributed by atoms with van der Waals surface area (Å²) >= 11 is 0. The molecule has 3 nitrogen and oxygen atoms in total. The third kappa shape index (κ3) is 3.74. The summed E-state index contributed by atoms with van der Waals surface area (Å²) in [5.74, 6) is 0.918. The molecule has 0 aliphatic carbocycles. The zero-order valence-corrected chi connectivity index (χ0v) is 12.3. The number of ether oxygens (including phenoxy) is 1. The minimum absolute atomic E-state index is 0.198. The van der Waals surface area contributed by atoms with Gasteiger partial charge in [-0.25, -0.2) is 0 Å². The van der Waals surface area contributed by atoms with Crippen LogP contribution in [0.5, 0.6) is 5.75 Å². The van der Waals surface area contributed by atoms with E-state index in [0.717, 1.165) is 25.1 Å². The molecule has 0 atom stereocenters. The van der Waals surface area contributed by atoms with Crippen LogP contribution in [-0.4, -0.2) is 24.2 Å². The van der Waals surface area contributed by atoms with Crippen LogP contribution in [0.25, 0.3) is 10.9 Å². The molecule has 2 N–H and O–H groups in total. The summed E-state index contributed by atoms with van der Waals surface area (Å²) in [6.45, 7) is 7.64. The molecule has 0 saturated heterocycles. The van der Waals surface area contributed by atoms with Crippen molar-refractivity contribution in [1.29, 1.82) is 0 Å². The fourth-order valence-electron chi connectivity index (χ4n) is 2.23. The molecule has 0 amide bonds. The van der Waals surface area contributed by atoms with Crippen molar-refractivity contribution < 1.29 is 4.74 Å². The first kappa shape index (κ1) is 13.9. The highest BCUT2D eigenvalue weighted by atomic mass is 16.5. The Kier molecular flexibility index (Phi) is 4.15. The second kappa shape index (κ2) is 5.66. The average molecular weight is 260 g/mol. The largest absolute Gasteiger partial charge is 0.497 e. The Hall–Kier alpha value is -1.48. The molecule has 0 fully saturated rings. The Morgan fingerprint density at radius 1 is 1.26 bits per heavy atom. The van der Waals surface area contributed by atoms with Crippen LogP contribution in [0.2, 0.25) is 0 Å². The Labute approximate surface area is 115 Å². The molecule has 1 heterocycles. The molecule has 0 aliphatic heterocycles. The van der Waals surface area contributed by atoms with Gasteiger partial charge in [0.2, 0.25) is 0 Å². The van der Waals surface area contributed by atoms with Crippen LogP contribution in [0, 0.1) is 0 Å². The standard InChI is InChI=1S/C16H24N2O/c1-16(2,3)18-9-5-6-12-11-17-15-8-7-13(19-4)10-14(12)15/h7-8,10-11,17-18H,5-6,9H2,1-4H3. The van der Waals surface area contributed by atoms with Crippen LogP contribution in [0.4, 0.5) is 0 Å². The predicted molar refractivity (Wildman–Crippen MR) is 80.9 cm³/mol. The summed E-state index contributed by atoms with van der Waals surface area (Å²) in [6.07, 6.45) is 4.33. The summed E-state index contributed by atoms with van der Waals surface area (Å²) in [5.41, 5.74) is 2.74. The molecule has 1 aromatic carbocycles. The van der Waals surface area contributed by atoms with Crippen LogP contribution in [0.15, 0.2) is 24.4 Å². The van der Waals surface area contributed by atoms with E-state index in [4.69, 9.17) is 4.74 Å². The van der Waals surface area contributed by atoms with Crippen LogP contribution >= 0.6 is 0 Å². The number of benzene rings is 1. The first-order chi connectivity index (χ1) is 8.99. The summed E-state index contributed by atoms with van der Waals surface area (Å²) < 4.78 is 5.29. The van der Waals surface area contributed by atoms with Crippen molar-refractivity contribution in [3.05, 3.63) is 30.0 Å². The van der Waals surface area contributed by atoms with E-state index < -0.39 is 0 Å². The first-order valence-corrected chi connectivity index (χ1v) is 6.88. The van der Waals surface area contributed by atoms with Gasteiger partial charge < -0.3 is 15.0 Å². The lowest BCUT2D eigenvalue weighted by Gasteiger charge is -2.20. The van der Waals surface area contributed by atoms with Crippen molar-refractivity contribution in [3.8, 4) is 5.75 Å². The number of H-pyrrole nitrogens is 1. The molecule has 0 radical (unpaired) electrons. The quantitative estimate of drug-likeness (QED) is 0.807. The molecule has 104 valence electrons. The van der Waals surface area contributed by atoms with E-state index in [1.54, 1.807) is 7.11 Å². The van der Waals surface area contributed by atoms with E-state index >= 15 is 0 Å². The third-order valence-electron chi connectivity index (χ3n) is 3.25. The van der Waals surface area contributed by atoms with Crippen LogP contribution in [0.3, 0.4) is 0 Å². The maximum atomic E-state index is 5.29. The second-order valence-corrected chi connectivity index (χ2v) is 6.01. The van der Waals surface area contributed by atoms with Gasteiger partial charge in [0.05, 0.1) is 7.11 Å². The highest BCUT2D eigenvalue weighted by Crippen LogP contribution is 2.24. The van der Waals surface area contributed by atoms with Gasteiger partial charge in [-0.1, -0.05) is 0 Å². The minimum atomic E-state index is 0.198. The van der Waals surface area contributed by atoms with Crippen LogP contribution < -0.4 is 10.1 Å². The van der Waals surface area contributed by atoms with Crippen molar-refractivity contribution in [2.45, 2.75) is 39.2 Å². The Bertz CT molecular complexity index is 537. The van der Waals surface area contributed by atoms with E-state index in [2.05, 4.69) is 49.4 Å². The van der Waals surface area contributed by atoms with Gasteiger partial charge in [0.25, 0.3) is 0 Å². The number of aryl methyl sites for hydroxylation is 1. The Morgan fingerprint density at radius 3 is 2.74 bits per heavy atom. The van der Waals surface area contributed by atoms with Crippen molar-refractivity contribution in [1.82, 2.24) is 10.3 Å². The van der Waals surface area contributed by atoms with Gasteiger partial charge in [-0.15, -0.1) is 0 Å². The number of nitrogens with one attached hydrogen (secondary N) is 2. The van der Waals surface area contributed by atoms with E-state index in [1.165, 1.54) is 16.5 Å². The maximum Gasteiger partial charge on any atom is 0.119 e. The zero-order chi connectivity index (χ0) is 13.9. The topological polar surface area (TPSA) is 37.0 Å². The summed E-state index contributed by atoms with van der Waals surface area (Å²) in [5, 5.41) is 4.79. The monoisotopic (exact) mass is 260 g/mol. The van der Waals surface area contributed by atoms with E-state index in [-0.39, 0.29) is 5.54 Å². The van der Waals surface area contributed by atoms with Gasteiger partial charge in [0, 0.05) is 22.6 Å². The molecule has 1 aromatic heterocycles. The number of hydrogen-bond donors (Lipinski definition) is 2. The Balaban J connectivity index is 2.00. The lowest BCUT2D eigenvalue weighted by atomic mass is 10.1. The Morgan fingerprint density at radius 2 is 2.05 bits per heavy atom. The van der Waals surface area contributed by atoms with Crippen molar-refractivity contribution in [3.63, 3.8) is 0 Å². The molecule has 19 heavy (non-hydrogen) atoms. The molecule has 0 aliphatic rings. The number of hydrogen-bond acceptors (Lipinski definition) is 2. The van der Waals surface area contributed by atoms with Gasteiger partial charge >= 0.3 is 0 Å². The molecular formula is C16H24N2O. The van der Waals surface area contributed by atoms with E-state index in [1.807, 2.05) is 6.07 Å². The SMILES string of the molecule is COc1ccc2[nH]cc(CCCNC(C)(C)C)c2c1. The number of aromatic amines is 1. The highest BCUT2D eigenvalue weighted by Gasteiger charge is 2.08. The van der Waals surface area contributed by atoms with Gasteiger partial charge in [-0.3, -0.25) is 0 Å². The lowest BCUT2D eigenvalue weighted by molar-refractivity contribution is 0.415. The third-order valence-corrected chi connectivity index (χ3v) is 3.25. The van der Waals surface area contributed by atoms with Crippen LogP contribution in [0.1, 0.15) is 32.8 Å². The molecule has 0 unspecified atom stereocenters. The summed E-state index contributed by atoms with van der Waals surface area (Å²) in [4.78, 5) is 3.32. The van der Waals surface area contributed by atoms with Gasteiger partial charge in [-0.05, 0) is 63.9 Å². The predicted octanol–water partition coefficient (Wildman–Crippen LogP) is 3.50. The molecule has 0 bridgehead atoms. The smallest absolute Gasteiger partial charge is 0.119 e. The first-order valence-electron chi connectivity index (χ1n) is 6.88. The molecule has 2 aromatic rings. The summed E-state index contributed by atoms with van der Waals surface area (Å²) in [7, 11) is 1.71. The fourth-order valence-corrected chi connectivity index (χ4v) is 2.23. The highest BCUT2D eigenvalue weighted by molar-refractivity contribution is 5.84. The molecule has 0 spiro atoms. The second-order valence-electron chi connectivity index (χ2n) is 6.01. The van der Waals surface area contributed by atoms with Crippen molar-refractivity contribution >= 4 is 10.9 Å². The van der Waals surface area contributed by atoms with Gasteiger partial charge in [0.15, 0.2) is 0 Å². The van der Waals surface area contributed by atoms with Crippen molar-refractivity contribution in [2.75, 3.05) is 13.7 Å². The zero-order valence-electron chi connectivity index (χ0n) is 12.3. The molecular weight excluding hydrogens is 236 g/mol. The van der Waals surface area contributed by atoms with E-state index in [0.29, 0.717) is 0 Å². The lowest BCUT2D eigenvalue weighted by Crippen LogP contribution is -2.36. The average Bonchev–Trinajstić information content (AvgIpc) is 2.76. The van der Waals surface area contributed by atoms with Crippen molar-refractivity contribution in [2.24, 2.45) is 0 Å². The normalized spacial score (nSPS) is 12.0. The van der Waals surface area contributed by atoms with Gasteiger partial charge in [-0.2, -0.15) is 0 Å². The number of rotatable bonds is 5. The number of methoxy groups -OCH3 is 1. The maximum absolute atomic E-state index is 5.29. The summed E-state index contributed by atoms with van der Waals surface area (Å²) in [6, 6.07) is 6.17. The number of fused-ring (bicyclic) bond motifs is 1. The van der Waals surface area contributed by atoms with Crippen LogP contribution in [-0.2, 0) is 6.42 Å².